The zero-order chi connectivity index (χ0) is 11.9. The minimum absolute atomic E-state index is 0.110. The second kappa shape index (κ2) is 3.77. The van der Waals surface area contributed by atoms with Gasteiger partial charge in [0.25, 0.3) is 0 Å². The maximum Gasteiger partial charge on any atom is 0.335 e. The molecule has 16 heavy (non-hydrogen) atoms. The molecule has 0 amide bonds. The number of hydrogen-bond acceptors (Lipinski definition) is 2. The Morgan fingerprint density at radius 1 is 1.56 bits per heavy atom. The Morgan fingerprint density at radius 3 is 2.88 bits per heavy atom. The van der Waals surface area contributed by atoms with Crippen molar-refractivity contribution in [2.75, 3.05) is 11.9 Å². The third-order valence-corrected chi connectivity index (χ3v) is 3.09. The lowest BCUT2D eigenvalue weighted by molar-refractivity contribution is 0.0696. The van der Waals surface area contributed by atoms with Crippen molar-refractivity contribution >= 4 is 11.7 Å². The molecule has 0 spiro atoms. The van der Waals surface area contributed by atoms with Gasteiger partial charge in [-0.15, -0.1) is 0 Å². The Balaban J connectivity index is 2.45. The maximum atomic E-state index is 13.7. The summed E-state index contributed by atoms with van der Waals surface area (Å²) in [5, 5.41) is 8.88. The van der Waals surface area contributed by atoms with Crippen LogP contribution in [0.3, 0.4) is 0 Å². The predicted molar refractivity (Wildman–Crippen MR) is 59.6 cm³/mol. The van der Waals surface area contributed by atoms with Gasteiger partial charge in [0.1, 0.15) is 0 Å². The van der Waals surface area contributed by atoms with Crippen LogP contribution in [-0.2, 0) is 6.42 Å². The topological polar surface area (TPSA) is 40.5 Å². The molecule has 1 aliphatic rings. The molecular formula is C12H14FNO2. The van der Waals surface area contributed by atoms with E-state index in [9.17, 15) is 9.18 Å². The maximum absolute atomic E-state index is 13.7. The number of anilines is 1. The van der Waals surface area contributed by atoms with E-state index in [2.05, 4.69) is 0 Å². The number of hydrogen-bond donors (Lipinski definition) is 1. The van der Waals surface area contributed by atoms with Crippen LogP contribution in [0.5, 0.6) is 0 Å². The van der Waals surface area contributed by atoms with Crippen molar-refractivity contribution < 1.29 is 14.3 Å². The zero-order valence-corrected chi connectivity index (χ0v) is 9.27. The van der Waals surface area contributed by atoms with Crippen LogP contribution >= 0.6 is 0 Å². The Labute approximate surface area is 93.5 Å². The van der Waals surface area contributed by atoms with E-state index >= 15 is 0 Å². The molecule has 0 radical (unpaired) electrons. The highest BCUT2D eigenvalue weighted by atomic mass is 19.1. The van der Waals surface area contributed by atoms with Gasteiger partial charge in [-0.25, -0.2) is 9.18 Å². The van der Waals surface area contributed by atoms with Gasteiger partial charge >= 0.3 is 5.97 Å². The minimum atomic E-state index is -0.997. The van der Waals surface area contributed by atoms with Gasteiger partial charge in [-0.1, -0.05) is 6.92 Å². The number of fused-ring (bicyclic) bond motifs is 1. The van der Waals surface area contributed by atoms with Crippen LogP contribution in [0, 0.1) is 5.92 Å². The molecule has 0 saturated carbocycles. The van der Waals surface area contributed by atoms with Crippen LogP contribution in [0.2, 0.25) is 0 Å². The van der Waals surface area contributed by atoms with Crippen LogP contribution in [-0.4, -0.2) is 24.4 Å². The Bertz CT molecular complexity index is 433. The fourth-order valence-electron chi connectivity index (χ4n) is 2.18. The molecule has 2 rings (SSSR count). The molecule has 1 aromatic carbocycles. The molecule has 1 aromatic rings. The summed E-state index contributed by atoms with van der Waals surface area (Å²) in [4.78, 5) is 12.4. The lowest BCUT2D eigenvalue weighted by Crippen LogP contribution is -2.38. The van der Waals surface area contributed by atoms with E-state index in [1.54, 1.807) is 24.1 Å². The Morgan fingerprint density at radius 2 is 2.25 bits per heavy atom. The molecule has 86 valence electrons. The van der Waals surface area contributed by atoms with Gasteiger partial charge in [-0.3, -0.25) is 0 Å². The Hall–Kier alpha value is -1.58. The fraction of sp³-hybridized carbons (Fsp3) is 0.417. The SMILES string of the molecule is CC1Cc2cc(C(=O)O)ccc2N(C)[C@H]1F. The van der Waals surface area contributed by atoms with Crippen LogP contribution < -0.4 is 4.90 Å². The normalized spacial score (nSPS) is 24.1. The first-order valence-electron chi connectivity index (χ1n) is 5.24. The molecule has 1 heterocycles. The lowest BCUT2D eigenvalue weighted by Gasteiger charge is -2.35. The van der Waals surface area contributed by atoms with Gasteiger partial charge in [0.05, 0.1) is 5.56 Å². The summed E-state index contributed by atoms with van der Waals surface area (Å²) in [6.45, 7) is 1.83. The van der Waals surface area contributed by atoms with Gasteiger partial charge in [0.2, 0.25) is 0 Å². The van der Waals surface area contributed by atoms with E-state index < -0.39 is 12.3 Å². The molecule has 1 aliphatic heterocycles. The summed E-state index contributed by atoms with van der Waals surface area (Å²) in [6, 6.07) is 4.83. The fourth-order valence-corrected chi connectivity index (χ4v) is 2.18. The van der Waals surface area contributed by atoms with E-state index in [1.807, 2.05) is 6.92 Å². The number of benzene rings is 1. The van der Waals surface area contributed by atoms with E-state index in [1.165, 1.54) is 6.07 Å². The third-order valence-electron chi connectivity index (χ3n) is 3.09. The second-order valence-electron chi connectivity index (χ2n) is 4.31. The molecule has 0 aromatic heterocycles. The van der Waals surface area contributed by atoms with Gasteiger partial charge in [0, 0.05) is 18.7 Å². The third kappa shape index (κ3) is 1.64. The molecule has 1 N–H and O–H groups in total. The number of halogens is 1. The van der Waals surface area contributed by atoms with Crippen molar-refractivity contribution in [3.63, 3.8) is 0 Å². The average Bonchev–Trinajstić information content (AvgIpc) is 2.25. The number of nitrogens with zero attached hydrogens (tertiary/aromatic N) is 1. The summed E-state index contributed by atoms with van der Waals surface area (Å²) in [7, 11) is 1.69. The number of aromatic carboxylic acids is 1. The molecule has 0 aliphatic carbocycles. The summed E-state index contributed by atoms with van der Waals surface area (Å²) >= 11 is 0. The number of carboxylic acids is 1. The number of rotatable bonds is 1. The highest BCUT2D eigenvalue weighted by Crippen LogP contribution is 2.33. The number of carboxylic acid groups (broad SMARTS) is 1. The van der Waals surface area contributed by atoms with E-state index in [0.717, 1.165) is 11.3 Å². The van der Waals surface area contributed by atoms with Crippen molar-refractivity contribution in [3.05, 3.63) is 29.3 Å². The second-order valence-corrected chi connectivity index (χ2v) is 4.31. The van der Waals surface area contributed by atoms with Gasteiger partial charge in [-0.05, 0) is 30.2 Å². The molecule has 0 bridgehead atoms. The smallest absolute Gasteiger partial charge is 0.335 e. The molecule has 4 heteroatoms. The molecule has 0 saturated heterocycles. The highest BCUT2D eigenvalue weighted by molar-refractivity contribution is 5.88. The summed E-state index contributed by atoms with van der Waals surface area (Å²) in [6.07, 6.45) is -0.412. The molecule has 0 fully saturated rings. The minimum Gasteiger partial charge on any atom is -0.478 e. The molecule has 1 unspecified atom stereocenters. The van der Waals surface area contributed by atoms with Gasteiger partial charge in [-0.2, -0.15) is 0 Å². The quantitative estimate of drug-likeness (QED) is 0.743. The molecule has 2 atom stereocenters. The van der Waals surface area contributed by atoms with Crippen LogP contribution in [0.15, 0.2) is 18.2 Å². The van der Waals surface area contributed by atoms with E-state index in [4.69, 9.17) is 5.11 Å². The zero-order valence-electron chi connectivity index (χ0n) is 9.27. The van der Waals surface area contributed by atoms with Crippen LogP contribution in [0.1, 0.15) is 22.8 Å². The van der Waals surface area contributed by atoms with Gasteiger partial charge in [0.15, 0.2) is 6.30 Å². The van der Waals surface area contributed by atoms with E-state index in [-0.39, 0.29) is 11.5 Å². The molecular weight excluding hydrogens is 209 g/mol. The monoisotopic (exact) mass is 223 g/mol. The lowest BCUT2D eigenvalue weighted by atomic mass is 9.92. The van der Waals surface area contributed by atoms with Crippen LogP contribution in [0.25, 0.3) is 0 Å². The van der Waals surface area contributed by atoms with Crippen molar-refractivity contribution in [2.45, 2.75) is 19.6 Å². The first-order valence-corrected chi connectivity index (χ1v) is 5.24. The largest absolute Gasteiger partial charge is 0.478 e. The number of alkyl halides is 1. The summed E-state index contributed by atoms with van der Waals surface area (Å²) < 4.78 is 13.7. The summed E-state index contributed by atoms with van der Waals surface area (Å²) in [5.74, 6) is -1.05. The predicted octanol–water partition coefficient (Wildman–Crippen LogP) is 2.31. The van der Waals surface area contributed by atoms with Crippen molar-refractivity contribution in [3.8, 4) is 0 Å². The van der Waals surface area contributed by atoms with E-state index in [0.29, 0.717) is 6.42 Å². The van der Waals surface area contributed by atoms with Gasteiger partial charge < -0.3 is 10.0 Å². The summed E-state index contributed by atoms with van der Waals surface area (Å²) in [5.41, 5.74) is 1.95. The van der Waals surface area contributed by atoms with Crippen molar-refractivity contribution in [2.24, 2.45) is 5.92 Å². The average molecular weight is 223 g/mol. The number of carbonyl (C=O) groups is 1. The first kappa shape index (κ1) is 10.9. The first-order chi connectivity index (χ1) is 7.50. The Kier molecular flexibility index (Phi) is 2.58. The molecule has 3 nitrogen and oxygen atoms in total. The van der Waals surface area contributed by atoms with Crippen LogP contribution in [0.4, 0.5) is 10.1 Å². The highest BCUT2D eigenvalue weighted by Gasteiger charge is 2.29. The van der Waals surface area contributed by atoms with Crippen molar-refractivity contribution in [1.29, 1.82) is 0 Å². The standard InChI is InChI=1S/C12H14FNO2/c1-7-5-9-6-8(12(15)16)3-4-10(9)14(2)11(7)13/h3-4,6-7,11H,5H2,1-2H3,(H,15,16)/t7?,11-/m1/s1. The van der Waals surface area contributed by atoms with Crippen molar-refractivity contribution in [1.82, 2.24) is 0 Å².